The molecule has 0 aliphatic heterocycles. The molecular weight excluding hydrogens is 238 g/mol. The van der Waals surface area contributed by atoms with Crippen LogP contribution in [0, 0.1) is 5.41 Å². The van der Waals surface area contributed by atoms with Gasteiger partial charge in [0, 0.05) is 25.8 Å². The van der Waals surface area contributed by atoms with E-state index in [-0.39, 0.29) is 11.3 Å². The Balaban J connectivity index is 2.86. The van der Waals surface area contributed by atoms with Crippen LogP contribution in [0.4, 0.5) is 0 Å². The molecule has 1 amide bonds. The van der Waals surface area contributed by atoms with Crippen molar-refractivity contribution in [2.24, 2.45) is 11.1 Å². The van der Waals surface area contributed by atoms with Crippen LogP contribution in [0.1, 0.15) is 44.6 Å². The Labute approximate surface area is 116 Å². The van der Waals surface area contributed by atoms with Gasteiger partial charge < -0.3 is 15.2 Å². The summed E-state index contributed by atoms with van der Waals surface area (Å²) >= 11 is 0. The highest BCUT2D eigenvalue weighted by molar-refractivity contribution is 5.92. The summed E-state index contributed by atoms with van der Waals surface area (Å²) in [4.78, 5) is 14.5. The Hall–Kier alpha value is -1.29. The zero-order valence-electron chi connectivity index (χ0n) is 12.6. The molecular formula is C15H27N3O. The first-order chi connectivity index (χ1) is 8.95. The second kappa shape index (κ2) is 6.75. The standard InChI is InChI=1S/C15H27N3O/c1-5-9-18-10-7-8-13(18)14(19)17(6-2)12-15(3,4)11-16/h7-8,10H,5-6,9,11-12,16H2,1-4H3. The van der Waals surface area contributed by atoms with Crippen LogP contribution in [0.2, 0.25) is 0 Å². The maximum absolute atomic E-state index is 12.6. The van der Waals surface area contributed by atoms with E-state index in [2.05, 4.69) is 20.8 Å². The van der Waals surface area contributed by atoms with E-state index in [0.717, 1.165) is 18.7 Å². The van der Waals surface area contributed by atoms with Gasteiger partial charge >= 0.3 is 0 Å². The molecule has 1 rings (SSSR count). The molecule has 4 heteroatoms. The van der Waals surface area contributed by atoms with E-state index in [1.807, 2.05) is 34.7 Å². The summed E-state index contributed by atoms with van der Waals surface area (Å²) in [6, 6.07) is 3.83. The molecule has 0 aromatic carbocycles. The lowest BCUT2D eigenvalue weighted by Crippen LogP contribution is -2.42. The molecule has 4 nitrogen and oxygen atoms in total. The maximum atomic E-state index is 12.6. The fourth-order valence-electron chi connectivity index (χ4n) is 2.11. The van der Waals surface area contributed by atoms with E-state index in [1.54, 1.807) is 0 Å². The molecule has 1 aromatic heterocycles. The third-order valence-electron chi connectivity index (χ3n) is 3.35. The highest BCUT2D eigenvalue weighted by Crippen LogP contribution is 2.17. The summed E-state index contributed by atoms with van der Waals surface area (Å²) in [7, 11) is 0. The quantitative estimate of drug-likeness (QED) is 0.822. The number of nitrogens with zero attached hydrogens (tertiary/aromatic N) is 2. The van der Waals surface area contributed by atoms with E-state index in [1.165, 1.54) is 0 Å². The topological polar surface area (TPSA) is 51.3 Å². The third kappa shape index (κ3) is 4.10. The van der Waals surface area contributed by atoms with Crippen molar-refractivity contribution in [1.82, 2.24) is 9.47 Å². The number of carbonyl (C=O) groups is 1. The molecule has 108 valence electrons. The van der Waals surface area contributed by atoms with Crippen LogP contribution in [-0.4, -0.2) is 35.0 Å². The van der Waals surface area contributed by atoms with Crippen molar-refractivity contribution in [1.29, 1.82) is 0 Å². The lowest BCUT2D eigenvalue weighted by atomic mass is 9.93. The van der Waals surface area contributed by atoms with Gasteiger partial charge in [0.2, 0.25) is 0 Å². The number of aromatic nitrogens is 1. The number of carbonyl (C=O) groups excluding carboxylic acids is 1. The number of hydrogen-bond acceptors (Lipinski definition) is 2. The van der Waals surface area contributed by atoms with Crippen LogP contribution >= 0.6 is 0 Å². The SMILES string of the molecule is CCCn1cccc1C(=O)N(CC)CC(C)(C)CN. The van der Waals surface area contributed by atoms with Crippen molar-refractivity contribution in [3.63, 3.8) is 0 Å². The highest BCUT2D eigenvalue weighted by Gasteiger charge is 2.24. The van der Waals surface area contributed by atoms with Gasteiger partial charge in [-0.05, 0) is 37.4 Å². The molecule has 0 radical (unpaired) electrons. The molecule has 0 aliphatic carbocycles. The van der Waals surface area contributed by atoms with Crippen LogP contribution in [0.5, 0.6) is 0 Å². The molecule has 1 heterocycles. The predicted octanol–water partition coefficient (Wildman–Crippen LogP) is 2.35. The first-order valence-electron chi connectivity index (χ1n) is 7.09. The number of aryl methyl sites for hydroxylation is 1. The summed E-state index contributed by atoms with van der Waals surface area (Å²) in [5, 5.41) is 0. The Morgan fingerprint density at radius 2 is 2.11 bits per heavy atom. The number of nitrogens with two attached hydrogens (primary N) is 1. The van der Waals surface area contributed by atoms with E-state index in [4.69, 9.17) is 5.73 Å². The molecule has 0 atom stereocenters. The van der Waals surface area contributed by atoms with Crippen molar-refractivity contribution >= 4 is 5.91 Å². The van der Waals surface area contributed by atoms with Crippen molar-refractivity contribution < 1.29 is 4.79 Å². The predicted molar refractivity (Wildman–Crippen MR) is 79.1 cm³/mol. The molecule has 0 unspecified atom stereocenters. The van der Waals surface area contributed by atoms with Gasteiger partial charge in [0.05, 0.1) is 0 Å². The van der Waals surface area contributed by atoms with Crippen molar-refractivity contribution in [2.75, 3.05) is 19.6 Å². The zero-order chi connectivity index (χ0) is 14.5. The molecule has 1 aromatic rings. The molecule has 19 heavy (non-hydrogen) atoms. The molecule has 2 N–H and O–H groups in total. The largest absolute Gasteiger partial charge is 0.344 e. The zero-order valence-corrected chi connectivity index (χ0v) is 12.6. The molecule has 0 saturated carbocycles. The number of amides is 1. The Morgan fingerprint density at radius 1 is 1.42 bits per heavy atom. The van der Waals surface area contributed by atoms with E-state index in [0.29, 0.717) is 19.6 Å². The Morgan fingerprint density at radius 3 is 2.63 bits per heavy atom. The summed E-state index contributed by atoms with van der Waals surface area (Å²) < 4.78 is 2.03. The summed E-state index contributed by atoms with van der Waals surface area (Å²) in [6.07, 6.45) is 2.99. The van der Waals surface area contributed by atoms with Crippen LogP contribution in [0.25, 0.3) is 0 Å². The lowest BCUT2D eigenvalue weighted by molar-refractivity contribution is 0.0690. The summed E-state index contributed by atoms with van der Waals surface area (Å²) in [5.74, 6) is 0.0995. The monoisotopic (exact) mass is 265 g/mol. The van der Waals surface area contributed by atoms with Crippen LogP contribution in [-0.2, 0) is 6.54 Å². The van der Waals surface area contributed by atoms with Crippen molar-refractivity contribution in [3.8, 4) is 0 Å². The van der Waals surface area contributed by atoms with Crippen molar-refractivity contribution in [3.05, 3.63) is 24.0 Å². The third-order valence-corrected chi connectivity index (χ3v) is 3.35. The first kappa shape index (κ1) is 15.8. The van der Waals surface area contributed by atoms with Gasteiger partial charge in [0.25, 0.3) is 5.91 Å². The lowest BCUT2D eigenvalue weighted by Gasteiger charge is -2.31. The number of rotatable bonds is 7. The summed E-state index contributed by atoms with van der Waals surface area (Å²) in [5.41, 5.74) is 6.49. The van der Waals surface area contributed by atoms with Crippen molar-refractivity contribution in [2.45, 2.75) is 40.7 Å². The Bertz CT molecular complexity index is 409. The van der Waals surface area contributed by atoms with Crippen LogP contribution in [0.3, 0.4) is 0 Å². The number of hydrogen-bond donors (Lipinski definition) is 1. The maximum Gasteiger partial charge on any atom is 0.270 e. The normalized spacial score (nSPS) is 11.6. The summed E-state index contributed by atoms with van der Waals surface area (Å²) in [6.45, 7) is 11.2. The smallest absolute Gasteiger partial charge is 0.270 e. The minimum atomic E-state index is -0.0478. The van der Waals surface area contributed by atoms with Gasteiger partial charge in [-0.3, -0.25) is 4.79 Å². The molecule has 0 fully saturated rings. The average molecular weight is 265 g/mol. The van der Waals surface area contributed by atoms with E-state index in [9.17, 15) is 4.79 Å². The van der Waals surface area contributed by atoms with Gasteiger partial charge in [0.1, 0.15) is 5.69 Å². The second-order valence-corrected chi connectivity index (χ2v) is 5.77. The van der Waals surface area contributed by atoms with Gasteiger partial charge in [-0.25, -0.2) is 0 Å². The molecule has 0 spiro atoms. The Kier molecular flexibility index (Phi) is 5.60. The fraction of sp³-hybridized carbons (Fsp3) is 0.667. The van der Waals surface area contributed by atoms with E-state index >= 15 is 0 Å². The highest BCUT2D eigenvalue weighted by atomic mass is 16.2. The van der Waals surface area contributed by atoms with Crippen LogP contribution in [0.15, 0.2) is 18.3 Å². The van der Waals surface area contributed by atoms with Gasteiger partial charge in [0.15, 0.2) is 0 Å². The molecule has 0 aliphatic rings. The minimum absolute atomic E-state index is 0.0478. The van der Waals surface area contributed by atoms with E-state index < -0.39 is 0 Å². The van der Waals surface area contributed by atoms with Gasteiger partial charge in [-0.1, -0.05) is 20.8 Å². The van der Waals surface area contributed by atoms with Gasteiger partial charge in [-0.15, -0.1) is 0 Å². The first-order valence-corrected chi connectivity index (χ1v) is 7.09. The average Bonchev–Trinajstić information content (AvgIpc) is 2.84. The van der Waals surface area contributed by atoms with Crippen LogP contribution < -0.4 is 5.73 Å². The molecule has 0 saturated heterocycles. The fourth-order valence-corrected chi connectivity index (χ4v) is 2.11. The minimum Gasteiger partial charge on any atom is -0.344 e. The van der Waals surface area contributed by atoms with Gasteiger partial charge in [-0.2, -0.15) is 0 Å². The second-order valence-electron chi connectivity index (χ2n) is 5.77. The molecule has 0 bridgehead atoms.